The maximum absolute atomic E-state index is 13.1. The summed E-state index contributed by atoms with van der Waals surface area (Å²) in [7, 11) is 1.35. The first-order valence-electron chi connectivity index (χ1n) is 11.6. The zero-order chi connectivity index (χ0) is 24.5. The molecule has 1 heterocycles. The van der Waals surface area contributed by atoms with Crippen molar-refractivity contribution in [2.75, 3.05) is 26.8 Å². The molecule has 7 nitrogen and oxygen atoms in total. The topological polar surface area (TPSA) is 106 Å². The van der Waals surface area contributed by atoms with Gasteiger partial charge in [-0.25, -0.2) is 4.79 Å². The molecule has 2 aliphatic rings. The van der Waals surface area contributed by atoms with Crippen LogP contribution < -0.4 is 5.73 Å². The van der Waals surface area contributed by atoms with Crippen molar-refractivity contribution in [3.05, 3.63) is 95.1 Å². The van der Waals surface area contributed by atoms with E-state index in [1.54, 1.807) is 23.1 Å². The average molecular weight is 470 g/mol. The Morgan fingerprint density at radius 2 is 1.63 bits per heavy atom. The Kier molecular flexibility index (Phi) is 5.99. The number of methoxy groups -OCH3 is 1. The number of likely N-dealkylation sites (tertiary alicyclic amines) is 1. The third-order valence-corrected chi connectivity index (χ3v) is 7.04. The third-order valence-electron chi connectivity index (χ3n) is 7.04. The maximum atomic E-state index is 13.1. The summed E-state index contributed by atoms with van der Waals surface area (Å²) in [6.07, 6.45) is -0.453. The number of hydrogen-bond acceptors (Lipinski definition) is 5. The third kappa shape index (κ3) is 4.14. The van der Waals surface area contributed by atoms with Crippen LogP contribution in [0.2, 0.25) is 0 Å². The fourth-order valence-corrected chi connectivity index (χ4v) is 5.30. The highest BCUT2D eigenvalue weighted by Gasteiger charge is 2.42. The molecular weight excluding hydrogens is 442 g/mol. The normalized spacial score (nSPS) is 18.6. The maximum Gasteiger partial charge on any atom is 0.409 e. The van der Waals surface area contributed by atoms with Crippen LogP contribution in [0.5, 0.6) is 0 Å². The molecule has 1 aliphatic heterocycles. The van der Waals surface area contributed by atoms with Crippen LogP contribution in [-0.4, -0.2) is 49.6 Å². The van der Waals surface area contributed by atoms with Crippen molar-refractivity contribution >= 4 is 17.9 Å². The summed E-state index contributed by atoms with van der Waals surface area (Å²) in [6, 6.07) is 23.6. The molecule has 7 heteroatoms. The first-order valence-corrected chi connectivity index (χ1v) is 11.6. The van der Waals surface area contributed by atoms with E-state index in [0.29, 0.717) is 12.1 Å². The average Bonchev–Trinajstić information content (AvgIpc) is 3.47. The first kappa shape index (κ1) is 22.7. The lowest BCUT2D eigenvalue weighted by molar-refractivity contribution is -0.145. The van der Waals surface area contributed by atoms with E-state index in [9.17, 15) is 9.59 Å². The Balaban J connectivity index is 1.34. The van der Waals surface area contributed by atoms with Crippen molar-refractivity contribution in [1.82, 2.24) is 4.90 Å². The van der Waals surface area contributed by atoms with Gasteiger partial charge < -0.3 is 20.1 Å². The monoisotopic (exact) mass is 469 g/mol. The molecular formula is C28H27N3O4. The second-order valence-electron chi connectivity index (χ2n) is 8.98. The number of nitrogens with two attached hydrogens (primary N) is 1. The smallest absolute Gasteiger partial charge is 0.409 e. The highest BCUT2D eigenvalue weighted by atomic mass is 16.6. The van der Waals surface area contributed by atoms with Gasteiger partial charge in [-0.2, -0.15) is 0 Å². The Morgan fingerprint density at radius 3 is 2.26 bits per heavy atom. The van der Waals surface area contributed by atoms with Crippen molar-refractivity contribution in [2.24, 2.45) is 11.7 Å². The van der Waals surface area contributed by atoms with E-state index >= 15 is 0 Å². The molecule has 1 fully saturated rings. The summed E-state index contributed by atoms with van der Waals surface area (Å²) in [4.78, 5) is 27.3. The molecule has 35 heavy (non-hydrogen) atoms. The van der Waals surface area contributed by atoms with Gasteiger partial charge in [-0.15, -0.1) is 0 Å². The van der Waals surface area contributed by atoms with Crippen LogP contribution in [0.25, 0.3) is 11.1 Å². The first-order chi connectivity index (χ1) is 17.0. The minimum Gasteiger partial charge on any atom is -0.469 e. The van der Waals surface area contributed by atoms with E-state index in [0.717, 1.165) is 16.7 Å². The molecule has 0 saturated carbocycles. The van der Waals surface area contributed by atoms with Crippen LogP contribution in [-0.2, 0) is 14.3 Å². The van der Waals surface area contributed by atoms with Crippen molar-refractivity contribution in [3.63, 3.8) is 0 Å². The van der Waals surface area contributed by atoms with Crippen molar-refractivity contribution in [1.29, 1.82) is 5.41 Å². The van der Waals surface area contributed by atoms with Crippen molar-refractivity contribution in [2.45, 2.75) is 11.8 Å². The molecule has 0 aromatic heterocycles. The second-order valence-corrected chi connectivity index (χ2v) is 8.98. The Morgan fingerprint density at radius 1 is 0.971 bits per heavy atom. The molecule has 1 amide bonds. The Labute approximate surface area is 204 Å². The quantitative estimate of drug-likeness (QED) is 0.332. The molecule has 3 N–H and O–H groups in total. The van der Waals surface area contributed by atoms with Crippen LogP contribution in [0, 0.1) is 11.3 Å². The number of amides is 1. The van der Waals surface area contributed by atoms with Crippen LogP contribution in [0.15, 0.2) is 72.8 Å². The van der Waals surface area contributed by atoms with Crippen LogP contribution >= 0.6 is 0 Å². The molecule has 2 unspecified atom stereocenters. The lowest BCUT2D eigenvalue weighted by Crippen LogP contribution is -2.31. The number of nitrogen functional groups attached to an aromatic ring is 1. The molecule has 3 aromatic carbocycles. The number of amidine groups is 1. The number of ether oxygens (including phenoxy) is 2. The summed E-state index contributed by atoms with van der Waals surface area (Å²) < 4.78 is 10.8. The number of hydrogen-bond donors (Lipinski definition) is 2. The number of rotatable bonds is 5. The molecule has 178 valence electrons. The number of esters is 1. The molecule has 1 saturated heterocycles. The van der Waals surface area contributed by atoms with Gasteiger partial charge in [-0.05, 0) is 33.9 Å². The predicted molar refractivity (Wildman–Crippen MR) is 132 cm³/mol. The molecule has 5 rings (SSSR count). The van der Waals surface area contributed by atoms with Gasteiger partial charge >= 0.3 is 12.1 Å². The van der Waals surface area contributed by atoms with Crippen LogP contribution in [0.4, 0.5) is 4.79 Å². The van der Waals surface area contributed by atoms with E-state index < -0.39 is 12.0 Å². The molecule has 1 aliphatic carbocycles. The second kappa shape index (κ2) is 9.25. The zero-order valence-corrected chi connectivity index (χ0v) is 19.4. The minimum absolute atomic E-state index is 0.0339. The SMILES string of the molecule is COC(=O)C1CN(C(=O)OCC2c3ccccc3-c3ccccc32)CC1c1cccc(C(=N)N)c1. The van der Waals surface area contributed by atoms with E-state index in [1.165, 1.54) is 18.2 Å². The molecule has 0 spiro atoms. The number of carbonyl (C=O) groups is 2. The summed E-state index contributed by atoms with van der Waals surface area (Å²) in [5, 5.41) is 7.72. The van der Waals surface area contributed by atoms with Gasteiger partial charge in [0, 0.05) is 30.5 Å². The lowest BCUT2D eigenvalue weighted by atomic mass is 9.88. The Hall–Kier alpha value is -4.13. The highest BCUT2D eigenvalue weighted by molar-refractivity contribution is 5.95. The van der Waals surface area contributed by atoms with Crippen LogP contribution in [0.3, 0.4) is 0 Å². The fraction of sp³-hybridized carbons (Fsp3) is 0.250. The predicted octanol–water partition coefficient (Wildman–Crippen LogP) is 4.11. The van der Waals surface area contributed by atoms with Gasteiger partial charge in [0.2, 0.25) is 0 Å². The molecule has 2 atom stereocenters. The minimum atomic E-state index is -0.525. The van der Waals surface area contributed by atoms with E-state index in [1.807, 2.05) is 30.3 Å². The number of fused-ring (bicyclic) bond motifs is 3. The largest absolute Gasteiger partial charge is 0.469 e. The fourth-order valence-electron chi connectivity index (χ4n) is 5.30. The van der Waals surface area contributed by atoms with Gasteiger partial charge in [-0.1, -0.05) is 66.7 Å². The van der Waals surface area contributed by atoms with E-state index in [2.05, 4.69) is 24.3 Å². The molecule has 0 bridgehead atoms. The standard InChI is InChI=1S/C28H27N3O4/c1-34-27(32)24-15-31(14-23(24)17-7-6-8-18(13-17)26(29)30)28(33)35-16-25-21-11-4-2-9-19(21)20-10-3-5-12-22(20)25/h2-13,23-25H,14-16H2,1H3,(H3,29,30). The number of nitrogens with one attached hydrogen (secondary N) is 1. The van der Waals surface area contributed by atoms with E-state index in [-0.39, 0.29) is 36.8 Å². The van der Waals surface area contributed by atoms with Crippen molar-refractivity contribution < 1.29 is 19.1 Å². The summed E-state index contributed by atoms with van der Waals surface area (Å²) in [6.45, 7) is 0.743. The summed E-state index contributed by atoms with van der Waals surface area (Å²) in [5.74, 6) is -1.26. The lowest BCUT2D eigenvalue weighted by Gasteiger charge is -2.19. The summed E-state index contributed by atoms with van der Waals surface area (Å²) >= 11 is 0. The van der Waals surface area contributed by atoms with Gasteiger partial charge in [0.25, 0.3) is 0 Å². The van der Waals surface area contributed by atoms with Crippen LogP contribution in [0.1, 0.15) is 34.1 Å². The van der Waals surface area contributed by atoms with Gasteiger partial charge in [0.1, 0.15) is 12.4 Å². The highest BCUT2D eigenvalue weighted by Crippen LogP contribution is 2.44. The Bertz CT molecular complexity index is 1260. The van der Waals surface area contributed by atoms with Gasteiger partial charge in [0.15, 0.2) is 0 Å². The number of carbonyl (C=O) groups excluding carboxylic acids is 2. The zero-order valence-electron chi connectivity index (χ0n) is 19.4. The molecule has 3 aromatic rings. The summed E-state index contributed by atoms with van der Waals surface area (Å²) in [5.41, 5.74) is 11.7. The van der Waals surface area contributed by atoms with Crippen molar-refractivity contribution in [3.8, 4) is 11.1 Å². The van der Waals surface area contributed by atoms with E-state index in [4.69, 9.17) is 20.6 Å². The van der Waals surface area contributed by atoms with Gasteiger partial charge in [-0.3, -0.25) is 10.2 Å². The number of benzene rings is 3. The molecule has 0 radical (unpaired) electrons. The number of nitrogens with zero attached hydrogens (tertiary/aromatic N) is 1. The van der Waals surface area contributed by atoms with Gasteiger partial charge in [0.05, 0.1) is 13.0 Å².